The first-order chi connectivity index (χ1) is 14.6. The summed E-state index contributed by atoms with van der Waals surface area (Å²) in [6.07, 6.45) is 5.75. The van der Waals surface area contributed by atoms with E-state index in [0.717, 1.165) is 62.3 Å². The number of carbonyl (C=O) groups excluding carboxylic acids is 1. The highest BCUT2D eigenvalue weighted by molar-refractivity contribution is 14.0. The van der Waals surface area contributed by atoms with Gasteiger partial charge in [0.2, 0.25) is 0 Å². The summed E-state index contributed by atoms with van der Waals surface area (Å²) in [6.45, 7) is 7.07. The highest BCUT2D eigenvalue weighted by Gasteiger charge is 2.20. The third-order valence-electron chi connectivity index (χ3n) is 4.58. The maximum absolute atomic E-state index is 11.2. The van der Waals surface area contributed by atoms with Crippen LogP contribution in [-0.2, 0) is 14.3 Å². The lowest BCUT2D eigenvalue weighted by atomic mass is 10.2. The van der Waals surface area contributed by atoms with Gasteiger partial charge in [0, 0.05) is 38.4 Å². The third-order valence-corrected chi connectivity index (χ3v) is 4.58. The number of methoxy groups -OCH3 is 1. The highest BCUT2D eigenvalue weighted by atomic mass is 127. The van der Waals surface area contributed by atoms with Gasteiger partial charge >= 0.3 is 5.97 Å². The van der Waals surface area contributed by atoms with Crippen LogP contribution in [0.25, 0.3) is 0 Å². The summed E-state index contributed by atoms with van der Waals surface area (Å²) in [5.74, 6) is 2.20. The normalized spacial score (nSPS) is 13.5. The van der Waals surface area contributed by atoms with Crippen LogP contribution in [0.4, 0.5) is 5.69 Å². The summed E-state index contributed by atoms with van der Waals surface area (Å²) >= 11 is 0. The maximum Gasteiger partial charge on any atom is 0.305 e. The first-order valence-electron chi connectivity index (χ1n) is 11.0. The van der Waals surface area contributed by atoms with E-state index in [9.17, 15) is 4.79 Å². The Balaban J connectivity index is 0.00000480. The van der Waals surface area contributed by atoms with Crippen LogP contribution >= 0.6 is 24.0 Å². The Hall–Kier alpha value is -1.55. The van der Waals surface area contributed by atoms with E-state index < -0.39 is 0 Å². The zero-order valence-electron chi connectivity index (χ0n) is 19.0. The van der Waals surface area contributed by atoms with E-state index in [4.69, 9.17) is 9.47 Å². The molecule has 2 rings (SSSR count). The lowest BCUT2D eigenvalue weighted by Crippen LogP contribution is -2.32. The molecule has 1 saturated carbocycles. The van der Waals surface area contributed by atoms with E-state index in [1.807, 2.05) is 38.1 Å². The van der Waals surface area contributed by atoms with Crippen LogP contribution in [0.5, 0.6) is 5.75 Å². The van der Waals surface area contributed by atoms with Crippen molar-refractivity contribution in [3.63, 3.8) is 0 Å². The zero-order chi connectivity index (χ0) is 21.6. The van der Waals surface area contributed by atoms with Crippen molar-refractivity contribution in [2.45, 2.75) is 58.5 Å². The molecule has 1 fully saturated rings. The van der Waals surface area contributed by atoms with Gasteiger partial charge in [-0.25, -0.2) is 0 Å². The number of hydrogen-bond acceptors (Lipinski definition) is 5. The predicted octanol–water partition coefficient (Wildman–Crippen LogP) is 4.61. The van der Waals surface area contributed by atoms with E-state index in [2.05, 4.69) is 20.4 Å². The van der Waals surface area contributed by atoms with Crippen molar-refractivity contribution in [3.05, 3.63) is 24.3 Å². The van der Waals surface area contributed by atoms with Crippen LogP contribution in [0.3, 0.4) is 0 Å². The minimum atomic E-state index is -0.170. The number of esters is 1. The number of nitrogens with zero attached hydrogens (tertiary/aromatic N) is 1. The Morgan fingerprint density at radius 2 is 1.90 bits per heavy atom. The fourth-order valence-corrected chi connectivity index (χ4v) is 2.76. The van der Waals surface area contributed by atoms with Crippen molar-refractivity contribution in [3.8, 4) is 5.75 Å². The largest absolute Gasteiger partial charge is 0.491 e. The molecule has 8 heteroatoms. The van der Waals surface area contributed by atoms with Crippen LogP contribution in [0.1, 0.15) is 52.4 Å². The molecule has 0 amide bonds. The molecule has 0 bridgehead atoms. The summed E-state index contributed by atoms with van der Waals surface area (Å²) in [7, 11) is 1.42. The Bertz CT molecular complexity index is 649. The smallest absolute Gasteiger partial charge is 0.305 e. The highest BCUT2D eigenvalue weighted by Crippen LogP contribution is 2.28. The zero-order valence-corrected chi connectivity index (χ0v) is 21.4. The van der Waals surface area contributed by atoms with E-state index in [-0.39, 0.29) is 36.0 Å². The van der Waals surface area contributed by atoms with Gasteiger partial charge in [-0.3, -0.25) is 9.79 Å². The molecule has 31 heavy (non-hydrogen) atoms. The van der Waals surface area contributed by atoms with Crippen molar-refractivity contribution >= 4 is 41.6 Å². The molecule has 0 aromatic heterocycles. The van der Waals surface area contributed by atoms with Crippen molar-refractivity contribution in [2.24, 2.45) is 10.9 Å². The summed E-state index contributed by atoms with van der Waals surface area (Å²) in [5.41, 5.74) is 0.942. The van der Waals surface area contributed by atoms with Crippen molar-refractivity contribution in [1.82, 2.24) is 5.32 Å². The number of halogens is 1. The van der Waals surface area contributed by atoms with E-state index in [1.54, 1.807) is 0 Å². The maximum atomic E-state index is 11.2. The van der Waals surface area contributed by atoms with Crippen LogP contribution in [0.2, 0.25) is 0 Å². The fraction of sp³-hybridized carbons (Fsp3) is 0.652. The molecule has 0 radical (unpaired) electrons. The van der Waals surface area contributed by atoms with Crippen molar-refractivity contribution in [1.29, 1.82) is 0 Å². The second kappa shape index (κ2) is 16.1. The van der Waals surface area contributed by atoms with E-state index in [1.165, 1.54) is 20.0 Å². The molecule has 0 aliphatic heterocycles. The number of unbranched alkanes of at least 4 members (excludes halogenated alkanes) is 1. The average molecular weight is 547 g/mol. The topological polar surface area (TPSA) is 81.2 Å². The van der Waals surface area contributed by atoms with Gasteiger partial charge in [0.25, 0.3) is 0 Å². The first kappa shape index (κ1) is 27.5. The molecule has 1 aliphatic carbocycles. The number of carbonyl (C=O) groups is 1. The molecule has 176 valence electrons. The Morgan fingerprint density at radius 3 is 2.55 bits per heavy atom. The van der Waals surface area contributed by atoms with Gasteiger partial charge < -0.3 is 24.8 Å². The molecule has 7 nitrogen and oxygen atoms in total. The van der Waals surface area contributed by atoms with Crippen LogP contribution in [-0.4, -0.2) is 51.4 Å². The summed E-state index contributed by atoms with van der Waals surface area (Å²) < 4.78 is 16.1. The van der Waals surface area contributed by atoms with Gasteiger partial charge in [0.1, 0.15) is 5.75 Å². The monoisotopic (exact) mass is 547 g/mol. The second-order valence-electron chi connectivity index (χ2n) is 7.88. The molecule has 2 N–H and O–H groups in total. The van der Waals surface area contributed by atoms with Gasteiger partial charge in [-0.2, -0.15) is 0 Å². The van der Waals surface area contributed by atoms with Gasteiger partial charge in [-0.05, 0) is 76.1 Å². The van der Waals surface area contributed by atoms with Gasteiger partial charge in [0.15, 0.2) is 5.96 Å². The van der Waals surface area contributed by atoms with Gasteiger partial charge in [-0.1, -0.05) is 0 Å². The minimum absolute atomic E-state index is 0. The molecular formula is C23H38IN3O4. The number of aliphatic imine (C=N–C) groups is 1. The molecule has 0 saturated heterocycles. The fourth-order valence-electron chi connectivity index (χ4n) is 2.76. The predicted molar refractivity (Wildman–Crippen MR) is 136 cm³/mol. The molecule has 0 spiro atoms. The minimum Gasteiger partial charge on any atom is -0.491 e. The van der Waals surface area contributed by atoms with E-state index in [0.29, 0.717) is 13.0 Å². The molecule has 1 aromatic rings. The lowest BCUT2D eigenvalue weighted by molar-refractivity contribution is -0.140. The molecule has 1 aliphatic rings. The number of rotatable bonds is 14. The molecule has 1 aromatic carbocycles. The van der Waals surface area contributed by atoms with Crippen LogP contribution in [0.15, 0.2) is 29.3 Å². The Morgan fingerprint density at radius 1 is 1.16 bits per heavy atom. The number of guanidine groups is 1. The average Bonchev–Trinajstić information content (AvgIpc) is 3.55. The molecule has 0 heterocycles. The van der Waals surface area contributed by atoms with E-state index >= 15 is 0 Å². The third kappa shape index (κ3) is 13.5. The number of nitrogens with one attached hydrogen (secondary N) is 2. The van der Waals surface area contributed by atoms with Crippen LogP contribution in [0, 0.1) is 5.92 Å². The SMILES string of the molecule is COC(=O)CCCCNC(=NCCCOCC1CC1)Nc1ccc(OC(C)C)cc1.I. The molecule has 0 unspecified atom stereocenters. The Kier molecular flexibility index (Phi) is 14.3. The lowest BCUT2D eigenvalue weighted by Gasteiger charge is -2.14. The van der Waals surface area contributed by atoms with Gasteiger partial charge in [0.05, 0.1) is 13.2 Å². The Labute approximate surface area is 203 Å². The van der Waals surface area contributed by atoms with Gasteiger partial charge in [-0.15, -0.1) is 24.0 Å². The summed E-state index contributed by atoms with van der Waals surface area (Å²) in [5, 5.41) is 6.68. The molecule has 0 atom stereocenters. The summed E-state index contributed by atoms with van der Waals surface area (Å²) in [4.78, 5) is 15.9. The number of hydrogen-bond donors (Lipinski definition) is 2. The number of benzene rings is 1. The number of anilines is 1. The standard InChI is InChI=1S/C23H37N3O4.HI/c1-18(2)30-21-12-10-20(11-13-21)26-23(24-14-5-4-7-22(27)28-3)25-15-6-16-29-17-19-8-9-19;/h10-13,18-19H,4-9,14-17H2,1-3H3,(H2,24,25,26);1H. The first-order valence-corrected chi connectivity index (χ1v) is 11.0. The number of ether oxygens (including phenoxy) is 3. The van der Waals surface area contributed by atoms with Crippen molar-refractivity contribution < 1.29 is 19.0 Å². The molecular weight excluding hydrogens is 509 g/mol. The summed E-state index contributed by atoms with van der Waals surface area (Å²) in [6, 6.07) is 7.85. The van der Waals surface area contributed by atoms with Crippen molar-refractivity contribution in [2.75, 3.05) is 38.7 Å². The van der Waals surface area contributed by atoms with Crippen LogP contribution < -0.4 is 15.4 Å². The quantitative estimate of drug-likeness (QED) is 0.116. The second-order valence-corrected chi connectivity index (χ2v) is 7.88.